The molecule has 18 N–H and O–H groups in total. The standard InChI is InChI=1S/4C9H9N3O3S.4Na.3H2O/c4*1-2-3-5(10)4-7(13)11-6(9(14)15)12-8(4)16-3;;;;;;;/h4*2,10H2,1H3,(H,14,15)(H,11,12,13);;;;;3*1H2/q;;;;4*+1;;;/p-4. The van der Waals surface area contributed by atoms with E-state index in [0.29, 0.717) is 67.8 Å². The number of rotatable bonds is 8. The van der Waals surface area contributed by atoms with Crippen molar-refractivity contribution in [1.82, 2.24) is 39.9 Å². The molecule has 0 radical (unpaired) electrons. The number of aromatic carboxylic acids is 4. The maximum Gasteiger partial charge on any atom is 1.00 e. The van der Waals surface area contributed by atoms with Gasteiger partial charge in [0.1, 0.15) is 43.2 Å². The number of nitrogens with two attached hydrogens (primary N) is 4. The summed E-state index contributed by atoms with van der Waals surface area (Å²) in [5.74, 6) is -7.92. The smallest absolute Gasteiger partial charge is 0.542 e. The van der Waals surface area contributed by atoms with Gasteiger partial charge in [0, 0.05) is 19.5 Å². The molecular formula is C36H38N12Na4O15S4. The zero-order valence-corrected chi connectivity index (χ0v) is 50.2. The quantitative estimate of drug-likeness (QED) is 0.0655. The number of nitrogens with zero attached hydrogens (tertiary/aromatic N) is 4. The Hall–Kier alpha value is -3.68. The Bertz CT molecular complexity index is 2990. The van der Waals surface area contributed by atoms with Crippen LogP contribution in [0.5, 0.6) is 0 Å². The summed E-state index contributed by atoms with van der Waals surface area (Å²) in [6.07, 6.45) is 2.69. The predicted molar refractivity (Wildman–Crippen MR) is 244 cm³/mol. The van der Waals surface area contributed by atoms with Crippen molar-refractivity contribution in [2.24, 2.45) is 0 Å². The van der Waals surface area contributed by atoms with Crippen molar-refractivity contribution < 1.29 is 174 Å². The summed E-state index contributed by atoms with van der Waals surface area (Å²) >= 11 is 4.89. The Balaban J connectivity index is -0.000000841. The molecule has 35 heteroatoms. The average molecular weight is 1100 g/mol. The van der Waals surface area contributed by atoms with Gasteiger partial charge in [-0.25, -0.2) is 19.9 Å². The molecule has 0 amide bonds. The number of hydrogen-bond acceptors (Lipinski definition) is 24. The van der Waals surface area contributed by atoms with Crippen LogP contribution >= 0.6 is 45.3 Å². The number of fused-ring (bicyclic) bond motifs is 4. The van der Waals surface area contributed by atoms with Gasteiger partial charge in [-0.3, -0.25) is 19.2 Å². The van der Waals surface area contributed by atoms with Crippen LogP contribution in [-0.4, -0.2) is 80.2 Å². The maximum absolute atomic E-state index is 11.6. The van der Waals surface area contributed by atoms with Gasteiger partial charge < -0.3 is 98.9 Å². The second-order valence-corrected chi connectivity index (χ2v) is 17.0. The molecule has 0 aliphatic rings. The van der Waals surface area contributed by atoms with Crippen LogP contribution in [0.1, 0.15) is 89.7 Å². The number of nitrogen functional groups attached to an aromatic ring is 4. The summed E-state index contributed by atoms with van der Waals surface area (Å²) in [4.78, 5) is 117. The molecule has 0 saturated heterocycles. The molecule has 0 atom stereocenters. The first-order valence-corrected chi connectivity index (χ1v) is 21.5. The van der Waals surface area contributed by atoms with Crippen molar-refractivity contribution in [1.29, 1.82) is 0 Å². The summed E-state index contributed by atoms with van der Waals surface area (Å²) in [6, 6.07) is 0. The minimum atomic E-state index is -1.51. The number of carbonyl (C=O) groups excluding carboxylic acids is 4. The molecule has 0 unspecified atom stereocenters. The molecule has 0 aliphatic heterocycles. The summed E-state index contributed by atoms with van der Waals surface area (Å²) in [5.41, 5.74) is 22.4. The van der Waals surface area contributed by atoms with Gasteiger partial charge in [0.2, 0.25) is 0 Å². The van der Waals surface area contributed by atoms with E-state index in [1.807, 2.05) is 27.7 Å². The number of hydrogen-bond donors (Lipinski definition) is 8. The van der Waals surface area contributed by atoms with E-state index in [-0.39, 0.29) is 156 Å². The van der Waals surface area contributed by atoms with Gasteiger partial charge in [0.15, 0.2) is 23.3 Å². The first-order valence-electron chi connectivity index (χ1n) is 18.3. The number of carbonyl (C=O) groups is 4. The second-order valence-electron chi connectivity index (χ2n) is 12.7. The summed E-state index contributed by atoms with van der Waals surface area (Å²) in [6.45, 7) is 7.59. The molecule has 0 aliphatic carbocycles. The summed E-state index contributed by atoms with van der Waals surface area (Å²) in [7, 11) is 0. The van der Waals surface area contributed by atoms with Gasteiger partial charge in [-0.2, -0.15) is 0 Å². The molecule has 8 aromatic heterocycles. The molecule has 0 fully saturated rings. The summed E-state index contributed by atoms with van der Waals surface area (Å²) < 4.78 is 0. The van der Waals surface area contributed by atoms with E-state index in [9.17, 15) is 58.8 Å². The number of aromatic nitrogens is 8. The molecule has 360 valence electrons. The Morgan fingerprint density at radius 3 is 0.676 bits per heavy atom. The Labute approximate surface area is 501 Å². The van der Waals surface area contributed by atoms with Gasteiger partial charge in [0.25, 0.3) is 22.2 Å². The Kier molecular flexibility index (Phi) is 30.7. The molecular weight excluding hydrogens is 1060 g/mol. The van der Waals surface area contributed by atoms with Crippen LogP contribution in [0.4, 0.5) is 22.7 Å². The topological polar surface area (TPSA) is 542 Å². The van der Waals surface area contributed by atoms with Crippen molar-refractivity contribution in [3.63, 3.8) is 0 Å². The van der Waals surface area contributed by atoms with Gasteiger partial charge >= 0.3 is 118 Å². The summed E-state index contributed by atoms with van der Waals surface area (Å²) in [5, 5.41) is 43.4. The Morgan fingerprint density at radius 1 is 0.394 bits per heavy atom. The van der Waals surface area contributed by atoms with E-state index >= 15 is 0 Å². The molecule has 0 aromatic carbocycles. The third-order valence-corrected chi connectivity index (χ3v) is 13.7. The van der Waals surface area contributed by atoms with Crippen molar-refractivity contribution in [3.05, 3.63) is 84.2 Å². The van der Waals surface area contributed by atoms with Crippen molar-refractivity contribution in [3.8, 4) is 0 Å². The van der Waals surface area contributed by atoms with E-state index in [1.54, 1.807) is 0 Å². The predicted octanol–water partition coefficient (Wildman–Crippen LogP) is -16.5. The van der Waals surface area contributed by atoms with E-state index in [2.05, 4.69) is 39.9 Å². The third-order valence-electron chi connectivity index (χ3n) is 8.76. The maximum atomic E-state index is 11.6. The van der Waals surface area contributed by atoms with Gasteiger partial charge in [0.05, 0.1) is 44.3 Å². The average Bonchev–Trinajstić information content (AvgIpc) is 3.97. The number of thiophene rings is 4. The molecule has 0 saturated carbocycles. The first-order chi connectivity index (χ1) is 30.2. The van der Waals surface area contributed by atoms with Gasteiger partial charge in [-0.15, -0.1) is 45.3 Å². The van der Waals surface area contributed by atoms with Crippen molar-refractivity contribution >= 4 is 133 Å². The zero-order chi connectivity index (χ0) is 47.5. The normalized spacial score (nSPS) is 9.75. The monoisotopic (exact) mass is 1100 g/mol. The van der Waals surface area contributed by atoms with Crippen LogP contribution in [-0.2, 0) is 25.7 Å². The van der Waals surface area contributed by atoms with Crippen LogP contribution in [0.3, 0.4) is 0 Å². The fourth-order valence-electron chi connectivity index (χ4n) is 5.74. The number of H-pyrrole nitrogens is 4. The van der Waals surface area contributed by atoms with E-state index in [0.717, 1.165) is 19.5 Å². The molecule has 0 bridgehead atoms. The Morgan fingerprint density at radius 2 is 0.549 bits per heavy atom. The van der Waals surface area contributed by atoms with Crippen LogP contribution in [0.15, 0.2) is 19.2 Å². The van der Waals surface area contributed by atoms with Crippen LogP contribution in [0.25, 0.3) is 40.9 Å². The SMILES string of the molecule is CCc1sc2nc(C(=O)[O-])[nH]c(=O)c2c1N.CCc1sc2nc(C(=O)[O-])[nH]c(=O)c2c1N.CCc1sc2nc(C(=O)[O-])[nH]c(=O)c2c1N.CCc1sc2nc(C(=O)[O-])[nH]c(=O)c2c1N.O.O.O.[Na+].[Na+].[Na+].[Na+]. The van der Waals surface area contributed by atoms with E-state index in [1.165, 1.54) is 45.3 Å². The van der Waals surface area contributed by atoms with E-state index in [4.69, 9.17) is 22.9 Å². The fourth-order valence-corrected chi connectivity index (χ4v) is 9.86. The van der Waals surface area contributed by atoms with E-state index < -0.39 is 69.4 Å². The molecule has 27 nitrogen and oxygen atoms in total. The molecule has 0 spiro atoms. The number of aryl methyl sites for hydroxylation is 4. The second kappa shape index (κ2) is 30.5. The zero-order valence-electron chi connectivity index (χ0n) is 39.0. The number of anilines is 4. The first kappa shape index (κ1) is 71.6. The molecule has 71 heavy (non-hydrogen) atoms. The number of carboxylic acid groups (broad SMARTS) is 4. The van der Waals surface area contributed by atoms with Crippen molar-refractivity contribution in [2.75, 3.05) is 22.9 Å². The number of aromatic amines is 4. The van der Waals surface area contributed by atoms with Gasteiger partial charge in [-0.05, 0) is 25.7 Å². The largest absolute Gasteiger partial charge is 1.00 e. The third kappa shape index (κ3) is 15.7. The minimum absolute atomic E-state index is 0. The van der Waals surface area contributed by atoms with Crippen molar-refractivity contribution in [2.45, 2.75) is 53.4 Å². The van der Waals surface area contributed by atoms with Crippen LogP contribution < -0.4 is 184 Å². The molecule has 8 heterocycles. The molecule has 8 aromatic rings. The van der Waals surface area contributed by atoms with Crippen LogP contribution in [0, 0.1) is 0 Å². The van der Waals surface area contributed by atoms with Gasteiger partial charge in [-0.1, -0.05) is 27.7 Å². The number of nitrogens with one attached hydrogen (secondary N) is 4. The fraction of sp³-hybridized carbons (Fsp3) is 0.222. The number of carboxylic acids is 4. The minimum Gasteiger partial charge on any atom is -0.542 e. The molecule has 8 rings (SSSR count). The van der Waals surface area contributed by atoms with Crippen LogP contribution in [0.2, 0.25) is 0 Å².